The van der Waals surface area contributed by atoms with Crippen molar-refractivity contribution >= 4 is 40.7 Å². The van der Waals surface area contributed by atoms with Crippen LogP contribution in [0.1, 0.15) is 111 Å². The number of pyridine rings is 1. The number of aryl methyl sites for hydroxylation is 1. The molecular weight excluding hydrogens is 880 g/mol. The van der Waals surface area contributed by atoms with Gasteiger partial charge in [0.1, 0.15) is 23.5 Å². The molecule has 3 aliphatic heterocycles. The minimum absolute atomic E-state index is 0.0401. The number of halogens is 1. The van der Waals surface area contributed by atoms with Gasteiger partial charge in [0.25, 0.3) is 5.91 Å². The molecule has 1 unspecified atom stereocenters. The average molecular weight is 946 g/mol. The van der Waals surface area contributed by atoms with Gasteiger partial charge in [-0.3, -0.25) is 4.79 Å². The van der Waals surface area contributed by atoms with Crippen LogP contribution >= 0.6 is 11.6 Å². The number of carbonyl (C=O) groups excluding carboxylic acids is 1. The minimum Gasteiger partial charge on any atom is -0.490 e. The van der Waals surface area contributed by atoms with E-state index in [1.54, 1.807) is 30.6 Å². The quantitative estimate of drug-likeness (QED) is 0.0834. The second-order valence-corrected chi connectivity index (χ2v) is 19.5. The standard InChI is InChI=1S/C51H65ClN12O4/c1-2-38-32-58-64-46(26-47(60-49(38)64)63-19-4-3-5-42(63)18-24-65)54-28-37-6-13-48(55-29-37)67-34-36-14-20-61(21-15-36)33-35-16-22-62(23-17-35)51-56-30-40(31-57-51)50(66)59-41-8-11-43(12-9-41)68-44-10-7-39(27-53)45(52)25-44/h6-7,10,13,25-26,29-32,35-36,41-43,54,65H,2-5,8-9,11-12,14-24,28,33-34H2,1H3,(H,59,66). The van der Waals surface area contributed by atoms with Crippen molar-refractivity contribution in [3.05, 3.63) is 88.5 Å². The molecule has 16 nitrogen and oxygen atoms in total. The fourth-order valence-electron chi connectivity index (χ4n) is 10.3. The number of rotatable bonds is 17. The fraction of sp³-hybridized carbons (Fsp3) is 0.549. The lowest BCUT2D eigenvalue weighted by molar-refractivity contribution is 0.0893. The fourth-order valence-corrected chi connectivity index (χ4v) is 10.5. The Morgan fingerprint density at radius 2 is 1.69 bits per heavy atom. The molecule has 3 saturated heterocycles. The molecule has 5 aromatic rings. The second-order valence-electron chi connectivity index (χ2n) is 19.0. The molecule has 4 aliphatic rings. The molecular formula is C51H65ClN12O4. The van der Waals surface area contributed by atoms with E-state index in [4.69, 9.17) is 31.3 Å². The van der Waals surface area contributed by atoms with E-state index in [9.17, 15) is 9.90 Å². The molecule has 4 aromatic heterocycles. The highest BCUT2D eigenvalue weighted by atomic mass is 35.5. The van der Waals surface area contributed by atoms with Crippen LogP contribution in [0.5, 0.6) is 11.6 Å². The zero-order chi connectivity index (χ0) is 46.8. The average Bonchev–Trinajstić information content (AvgIpc) is 3.80. The summed E-state index contributed by atoms with van der Waals surface area (Å²) in [7, 11) is 0. The van der Waals surface area contributed by atoms with Gasteiger partial charge in [0.15, 0.2) is 5.65 Å². The van der Waals surface area contributed by atoms with E-state index in [0.29, 0.717) is 58.7 Å². The van der Waals surface area contributed by atoms with Crippen molar-refractivity contribution < 1.29 is 19.4 Å². The molecule has 1 atom stereocenters. The number of fused-ring (bicyclic) bond motifs is 1. The Balaban J connectivity index is 0.663. The van der Waals surface area contributed by atoms with Gasteiger partial charge in [-0.15, -0.1) is 0 Å². The summed E-state index contributed by atoms with van der Waals surface area (Å²) in [6.45, 7) is 9.63. The van der Waals surface area contributed by atoms with E-state index in [1.165, 1.54) is 6.42 Å². The molecule has 4 fully saturated rings. The first-order chi connectivity index (χ1) is 33.3. The summed E-state index contributed by atoms with van der Waals surface area (Å²) in [5.41, 5.74) is 3.95. The zero-order valence-corrected chi connectivity index (χ0v) is 40.0. The normalized spacial score (nSPS) is 20.8. The van der Waals surface area contributed by atoms with E-state index in [-0.39, 0.29) is 30.7 Å². The summed E-state index contributed by atoms with van der Waals surface area (Å²) in [4.78, 5) is 39.3. The van der Waals surface area contributed by atoms with Crippen molar-refractivity contribution in [1.29, 1.82) is 5.26 Å². The van der Waals surface area contributed by atoms with Crippen LogP contribution in [0.4, 0.5) is 17.6 Å². The molecule has 1 aromatic carbocycles. The number of nitrogens with one attached hydrogen (secondary N) is 2. The van der Waals surface area contributed by atoms with E-state index < -0.39 is 0 Å². The SMILES string of the molecule is CCc1cnn2c(NCc3ccc(OCC4CCN(CC5CCN(c6ncc(C(=O)NC7CCC(Oc8ccc(C#N)c(Cl)c8)CC7)cn6)CC5)CC4)nc3)cc(N3CCCCC3CCO)nc12. The van der Waals surface area contributed by atoms with Crippen molar-refractivity contribution in [2.75, 3.05) is 67.6 Å². The van der Waals surface area contributed by atoms with Crippen LogP contribution in [0.25, 0.3) is 5.65 Å². The number of carbonyl (C=O) groups is 1. The number of aromatic nitrogens is 6. The smallest absolute Gasteiger partial charge is 0.254 e. The summed E-state index contributed by atoms with van der Waals surface area (Å²) in [6.07, 6.45) is 19.8. The van der Waals surface area contributed by atoms with Crippen LogP contribution in [-0.4, -0.2) is 116 Å². The van der Waals surface area contributed by atoms with Gasteiger partial charge in [-0.1, -0.05) is 24.6 Å². The van der Waals surface area contributed by atoms with E-state index >= 15 is 0 Å². The van der Waals surface area contributed by atoms with Gasteiger partial charge < -0.3 is 39.9 Å². The Hall–Kier alpha value is -5.76. The van der Waals surface area contributed by atoms with E-state index in [1.807, 2.05) is 23.0 Å². The van der Waals surface area contributed by atoms with Gasteiger partial charge in [-0.2, -0.15) is 14.9 Å². The number of likely N-dealkylation sites (tertiary alicyclic amines) is 1. The summed E-state index contributed by atoms with van der Waals surface area (Å²) >= 11 is 6.17. The number of hydrogen-bond donors (Lipinski definition) is 3. The van der Waals surface area contributed by atoms with Gasteiger partial charge in [0, 0.05) is 93.8 Å². The first kappa shape index (κ1) is 47.3. The third kappa shape index (κ3) is 11.7. The molecule has 68 heavy (non-hydrogen) atoms. The van der Waals surface area contributed by atoms with Crippen molar-refractivity contribution in [1.82, 2.24) is 39.8 Å². The van der Waals surface area contributed by atoms with Crippen LogP contribution in [0, 0.1) is 23.2 Å². The second kappa shape index (κ2) is 22.6. The first-order valence-corrected chi connectivity index (χ1v) is 25.2. The zero-order valence-electron chi connectivity index (χ0n) is 39.2. The molecule has 1 aliphatic carbocycles. The van der Waals surface area contributed by atoms with E-state index in [0.717, 1.165) is 145 Å². The topological polar surface area (TPSA) is 182 Å². The Morgan fingerprint density at radius 3 is 2.41 bits per heavy atom. The predicted molar refractivity (Wildman–Crippen MR) is 263 cm³/mol. The molecule has 1 amide bonds. The maximum atomic E-state index is 13.1. The molecule has 0 bridgehead atoms. The number of amides is 1. The number of benzene rings is 1. The number of anilines is 3. The molecule has 3 N–H and O–H groups in total. The van der Waals surface area contributed by atoms with Crippen LogP contribution < -0.4 is 29.9 Å². The predicted octanol–water partition coefficient (Wildman–Crippen LogP) is 7.48. The maximum absolute atomic E-state index is 13.1. The number of piperidine rings is 3. The van der Waals surface area contributed by atoms with Crippen LogP contribution in [0.3, 0.4) is 0 Å². The highest BCUT2D eigenvalue weighted by Gasteiger charge is 2.29. The number of nitrogens with zero attached hydrogens (tertiary/aromatic N) is 10. The molecule has 0 spiro atoms. The highest BCUT2D eigenvalue weighted by molar-refractivity contribution is 6.31. The third-order valence-electron chi connectivity index (χ3n) is 14.4. The monoisotopic (exact) mass is 944 g/mol. The Bertz CT molecular complexity index is 2470. The summed E-state index contributed by atoms with van der Waals surface area (Å²) in [6, 6.07) is 13.7. The highest BCUT2D eigenvalue weighted by Crippen LogP contribution is 2.31. The van der Waals surface area contributed by atoms with Gasteiger partial charge in [0.05, 0.1) is 35.1 Å². The number of nitriles is 1. The summed E-state index contributed by atoms with van der Waals surface area (Å²) < 4.78 is 14.2. The Kier molecular flexibility index (Phi) is 15.7. The maximum Gasteiger partial charge on any atom is 0.254 e. The van der Waals surface area contributed by atoms with Gasteiger partial charge >= 0.3 is 0 Å². The van der Waals surface area contributed by atoms with Crippen molar-refractivity contribution in [2.24, 2.45) is 11.8 Å². The molecule has 17 heteroatoms. The largest absolute Gasteiger partial charge is 0.490 e. The lowest BCUT2D eigenvalue weighted by Gasteiger charge is -2.37. The third-order valence-corrected chi connectivity index (χ3v) is 14.7. The number of aliphatic hydroxyl groups excluding tert-OH is 1. The Morgan fingerprint density at radius 1 is 0.897 bits per heavy atom. The van der Waals surface area contributed by atoms with Crippen molar-refractivity contribution in [2.45, 2.75) is 115 Å². The van der Waals surface area contributed by atoms with Crippen LogP contribution in [-0.2, 0) is 13.0 Å². The number of aliphatic hydroxyl groups is 1. The van der Waals surface area contributed by atoms with Crippen LogP contribution in [0.15, 0.2) is 61.2 Å². The lowest BCUT2D eigenvalue weighted by atomic mass is 9.92. The van der Waals surface area contributed by atoms with Gasteiger partial charge in [-0.25, -0.2) is 19.9 Å². The molecule has 7 heterocycles. The number of hydrogen-bond acceptors (Lipinski definition) is 14. The van der Waals surface area contributed by atoms with Crippen molar-refractivity contribution in [3.63, 3.8) is 0 Å². The molecule has 360 valence electrons. The molecule has 9 rings (SSSR count). The summed E-state index contributed by atoms with van der Waals surface area (Å²) in [5, 5.41) is 30.7. The first-order valence-electron chi connectivity index (χ1n) is 24.9. The van der Waals surface area contributed by atoms with Crippen LogP contribution in [0.2, 0.25) is 5.02 Å². The minimum atomic E-state index is -0.148. The lowest BCUT2D eigenvalue weighted by Crippen LogP contribution is -2.42. The van der Waals surface area contributed by atoms with Gasteiger partial charge in [-0.05, 0) is 126 Å². The van der Waals surface area contributed by atoms with Crippen molar-refractivity contribution in [3.8, 4) is 17.7 Å². The number of ether oxygens (including phenoxy) is 2. The Labute approximate surface area is 404 Å². The van der Waals surface area contributed by atoms with E-state index in [2.05, 4.69) is 70.5 Å². The van der Waals surface area contributed by atoms with Gasteiger partial charge in [0.2, 0.25) is 11.8 Å². The summed E-state index contributed by atoms with van der Waals surface area (Å²) in [5.74, 6) is 4.84. The molecule has 0 radical (unpaired) electrons. The molecule has 1 saturated carbocycles.